The van der Waals surface area contributed by atoms with Crippen LogP contribution in [0.15, 0.2) is 42.5 Å². The third-order valence-electron chi connectivity index (χ3n) is 2.71. The summed E-state index contributed by atoms with van der Waals surface area (Å²) in [4.78, 5) is 0. The second-order valence-corrected chi connectivity index (χ2v) is 4.55. The molecule has 1 N–H and O–H groups in total. The molecule has 0 saturated carbocycles. The normalized spacial score (nSPS) is 11.4. The molecule has 0 unspecified atom stereocenters. The Hall–Kier alpha value is -1.75. The number of anilines is 1. The zero-order chi connectivity index (χ0) is 14.8. The van der Waals surface area contributed by atoms with E-state index in [1.54, 1.807) is 0 Å². The van der Waals surface area contributed by atoms with Crippen molar-refractivity contribution in [3.63, 3.8) is 0 Å². The number of para-hydroxylation sites is 1. The fraction of sp³-hybridized carbons (Fsp3) is 0.143. The van der Waals surface area contributed by atoms with Gasteiger partial charge in [0.1, 0.15) is 5.82 Å². The van der Waals surface area contributed by atoms with Crippen molar-refractivity contribution in [3.8, 4) is 0 Å². The topological polar surface area (TPSA) is 12.0 Å². The summed E-state index contributed by atoms with van der Waals surface area (Å²) in [5.41, 5.74) is 0.0107. The molecule has 0 bridgehead atoms. The van der Waals surface area contributed by atoms with Crippen molar-refractivity contribution in [1.29, 1.82) is 0 Å². The van der Waals surface area contributed by atoms with Gasteiger partial charge in [-0.3, -0.25) is 0 Å². The monoisotopic (exact) mass is 303 g/mol. The third-order valence-corrected chi connectivity index (χ3v) is 3.03. The molecular weight excluding hydrogens is 294 g/mol. The second kappa shape index (κ2) is 5.71. The lowest BCUT2D eigenvalue weighted by atomic mass is 10.1. The van der Waals surface area contributed by atoms with E-state index in [-0.39, 0.29) is 17.3 Å². The fourth-order valence-electron chi connectivity index (χ4n) is 1.67. The maximum absolute atomic E-state index is 13.5. The molecule has 1 nitrogen and oxygen atoms in total. The molecule has 0 radical (unpaired) electrons. The van der Waals surface area contributed by atoms with Gasteiger partial charge in [0.15, 0.2) is 0 Å². The minimum absolute atomic E-state index is 0.133. The number of hydrogen-bond acceptors (Lipinski definition) is 1. The van der Waals surface area contributed by atoms with Crippen LogP contribution in [0.2, 0.25) is 5.02 Å². The van der Waals surface area contributed by atoms with Gasteiger partial charge in [0, 0.05) is 6.54 Å². The average Bonchev–Trinajstić information content (AvgIpc) is 2.37. The zero-order valence-corrected chi connectivity index (χ0v) is 10.9. The molecular formula is C14H10ClF4N. The predicted octanol–water partition coefficient (Wildman–Crippen LogP) is 5.11. The number of benzene rings is 2. The van der Waals surface area contributed by atoms with Gasteiger partial charge in [-0.25, -0.2) is 4.39 Å². The Kier molecular flexibility index (Phi) is 4.18. The highest BCUT2D eigenvalue weighted by Gasteiger charge is 2.29. The molecule has 0 saturated heterocycles. The summed E-state index contributed by atoms with van der Waals surface area (Å²) in [5.74, 6) is -0.510. The highest BCUT2D eigenvalue weighted by Crippen LogP contribution is 2.29. The molecule has 0 aliphatic heterocycles. The van der Waals surface area contributed by atoms with Gasteiger partial charge in [-0.05, 0) is 29.8 Å². The van der Waals surface area contributed by atoms with Crippen LogP contribution >= 0.6 is 11.6 Å². The molecule has 2 aromatic rings. The van der Waals surface area contributed by atoms with Crippen molar-refractivity contribution in [2.45, 2.75) is 12.7 Å². The highest BCUT2D eigenvalue weighted by atomic mass is 35.5. The molecule has 0 heterocycles. The SMILES string of the molecule is Fc1cccc(Cl)c1NCc1ccc(C(F)(F)F)cc1. The van der Waals surface area contributed by atoms with E-state index in [1.165, 1.54) is 30.3 Å². The van der Waals surface area contributed by atoms with Gasteiger partial charge >= 0.3 is 6.18 Å². The van der Waals surface area contributed by atoms with Crippen molar-refractivity contribution in [2.24, 2.45) is 0 Å². The third kappa shape index (κ3) is 3.42. The van der Waals surface area contributed by atoms with Crippen LogP contribution < -0.4 is 5.32 Å². The van der Waals surface area contributed by atoms with Crippen molar-refractivity contribution < 1.29 is 17.6 Å². The lowest BCUT2D eigenvalue weighted by Crippen LogP contribution is -2.06. The van der Waals surface area contributed by atoms with Crippen LogP contribution in [0, 0.1) is 5.82 Å². The summed E-state index contributed by atoms with van der Waals surface area (Å²) >= 11 is 5.83. The maximum Gasteiger partial charge on any atom is 0.416 e. The predicted molar refractivity (Wildman–Crippen MR) is 70.2 cm³/mol. The Morgan fingerprint density at radius 3 is 2.20 bits per heavy atom. The van der Waals surface area contributed by atoms with E-state index in [2.05, 4.69) is 5.32 Å². The molecule has 0 spiro atoms. The highest BCUT2D eigenvalue weighted by molar-refractivity contribution is 6.33. The molecule has 106 valence electrons. The molecule has 0 aliphatic carbocycles. The van der Waals surface area contributed by atoms with E-state index in [0.29, 0.717) is 5.56 Å². The minimum atomic E-state index is -4.36. The number of rotatable bonds is 3. The van der Waals surface area contributed by atoms with E-state index in [4.69, 9.17) is 11.6 Å². The summed E-state index contributed by atoms with van der Waals surface area (Å²) in [6, 6.07) is 8.90. The van der Waals surface area contributed by atoms with Crippen LogP contribution in [0.25, 0.3) is 0 Å². The smallest absolute Gasteiger partial charge is 0.377 e. The molecule has 6 heteroatoms. The van der Waals surface area contributed by atoms with Crippen LogP contribution in [0.3, 0.4) is 0 Å². The first-order chi connectivity index (χ1) is 9.38. The van der Waals surface area contributed by atoms with Gasteiger partial charge < -0.3 is 5.32 Å². The van der Waals surface area contributed by atoms with Crippen LogP contribution in [0.4, 0.5) is 23.2 Å². The Balaban J connectivity index is 2.08. The fourth-order valence-corrected chi connectivity index (χ4v) is 1.90. The lowest BCUT2D eigenvalue weighted by molar-refractivity contribution is -0.137. The van der Waals surface area contributed by atoms with Crippen LogP contribution in [0.1, 0.15) is 11.1 Å². The van der Waals surface area contributed by atoms with Gasteiger partial charge in [-0.2, -0.15) is 13.2 Å². The first-order valence-corrected chi connectivity index (χ1v) is 6.10. The Morgan fingerprint density at radius 2 is 1.65 bits per heavy atom. The summed E-state index contributed by atoms with van der Waals surface area (Å²) in [6.45, 7) is 0.179. The van der Waals surface area contributed by atoms with E-state index in [1.807, 2.05) is 0 Å². The van der Waals surface area contributed by atoms with E-state index >= 15 is 0 Å². The van der Waals surface area contributed by atoms with E-state index in [0.717, 1.165) is 12.1 Å². The molecule has 20 heavy (non-hydrogen) atoms. The van der Waals surface area contributed by atoms with Crippen molar-refractivity contribution in [1.82, 2.24) is 0 Å². The first-order valence-electron chi connectivity index (χ1n) is 5.72. The van der Waals surface area contributed by atoms with Gasteiger partial charge in [-0.1, -0.05) is 29.8 Å². The Morgan fingerprint density at radius 1 is 1.00 bits per heavy atom. The van der Waals surface area contributed by atoms with E-state index in [9.17, 15) is 17.6 Å². The molecule has 0 atom stereocenters. The number of halogens is 5. The van der Waals surface area contributed by atoms with Crippen molar-refractivity contribution >= 4 is 17.3 Å². The molecule has 0 amide bonds. The minimum Gasteiger partial charge on any atom is -0.377 e. The molecule has 2 rings (SSSR count). The number of nitrogens with one attached hydrogen (secondary N) is 1. The number of hydrogen-bond donors (Lipinski definition) is 1. The average molecular weight is 304 g/mol. The van der Waals surface area contributed by atoms with Gasteiger partial charge in [-0.15, -0.1) is 0 Å². The lowest BCUT2D eigenvalue weighted by Gasteiger charge is -2.11. The zero-order valence-electron chi connectivity index (χ0n) is 10.1. The molecule has 0 fully saturated rings. The largest absolute Gasteiger partial charge is 0.416 e. The van der Waals surface area contributed by atoms with Crippen molar-refractivity contribution in [3.05, 3.63) is 64.4 Å². The first kappa shape index (κ1) is 14.7. The van der Waals surface area contributed by atoms with E-state index < -0.39 is 17.6 Å². The Labute approximate surface area is 118 Å². The summed E-state index contributed by atoms with van der Waals surface area (Å²) in [5, 5.41) is 2.99. The summed E-state index contributed by atoms with van der Waals surface area (Å²) < 4.78 is 50.7. The number of alkyl halides is 3. The van der Waals surface area contributed by atoms with Crippen LogP contribution in [0.5, 0.6) is 0 Å². The van der Waals surface area contributed by atoms with Gasteiger partial charge in [0.25, 0.3) is 0 Å². The second-order valence-electron chi connectivity index (χ2n) is 4.14. The molecule has 0 aromatic heterocycles. The summed E-state index contributed by atoms with van der Waals surface area (Å²) in [7, 11) is 0. The van der Waals surface area contributed by atoms with Crippen LogP contribution in [-0.4, -0.2) is 0 Å². The molecule has 0 aliphatic rings. The maximum atomic E-state index is 13.5. The quantitative estimate of drug-likeness (QED) is 0.777. The standard InChI is InChI=1S/C14H10ClF4N/c15-11-2-1-3-12(16)13(11)20-8-9-4-6-10(7-5-9)14(17,18)19/h1-7,20H,8H2. The van der Waals surface area contributed by atoms with Gasteiger partial charge in [0.2, 0.25) is 0 Å². The summed E-state index contributed by atoms with van der Waals surface area (Å²) in [6.07, 6.45) is -4.36. The van der Waals surface area contributed by atoms with Crippen LogP contribution in [-0.2, 0) is 12.7 Å². The Bertz CT molecular complexity index is 573. The van der Waals surface area contributed by atoms with Crippen molar-refractivity contribution in [2.75, 3.05) is 5.32 Å². The molecule has 2 aromatic carbocycles. The van der Waals surface area contributed by atoms with Gasteiger partial charge in [0.05, 0.1) is 16.3 Å².